The fraction of sp³-hybridized carbons (Fsp3) is 0.348. The average molecular weight is 490 g/mol. The molecule has 1 amide bonds. The van der Waals surface area contributed by atoms with Gasteiger partial charge in [-0.1, -0.05) is 0 Å². The molecule has 0 bridgehead atoms. The first kappa shape index (κ1) is 24.5. The van der Waals surface area contributed by atoms with Crippen LogP contribution in [0.15, 0.2) is 49.1 Å². The standard InChI is InChI=1S/C23H22F4N6O2/c1-13-12-33(22(34)17-8-15(24)4-5-16(17)21-28-6-3-7-29-21)18(14(2)35-13)9-31-20-11-30-19(10-32-20)23(25,26)27/h3-8,10-11,13-14,18H,9,12H2,1-2H3,(H,31,32)/t13-,14-,18+/m0/s1. The number of nitrogens with one attached hydrogen (secondary N) is 1. The van der Waals surface area contributed by atoms with Crippen molar-refractivity contribution in [3.8, 4) is 11.4 Å². The highest BCUT2D eigenvalue weighted by molar-refractivity contribution is 6.00. The summed E-state index contributed by atoms with van der Waals surface area (Å²) in [6.45, 7) is 3.94. The van der Waals surface area contributed by atoms with Gasteiger partial charge in [-0.2, -0.15) is 13.2 Å². The third kappa shape index (κ3) is 5.53. The molecule has 1 saturated heterocycles. The summed E-state index contributed by atoms with van der Waals surface area (Å²) in [5.41, 5.74) is -0.634. The molecule has 1 N–H and O–H groups in total. The molecule has 1 aliphatic rings. The molecule has 12 heteroatoms. The van der Waals surface area contributed by atoms with Gasteiger partial charge < -0.3 is 15.0 Å². The van der Waals surface area contributed by atoms with Gasteiger partial charge in [0.1, 0.15) is 11.6 Å². The van der Waals surface area contributed by atoms with Gasteiger partial charge in [-0.15, -0.1) is 0 Å². The van der Waals surface area contributed by atoms with Crippen molar-refractivity contribution in [2.75, 3.05) is 18.4 Å². The number of rotatable bonds is 5. The van der Waals surface area contributed by atoms with Gasteiger partial charge in [0.15, 0.2) is 11.5 Å². The minimum Gasteiger partial charge on any atom is -0.372 e. The molecule has 1 aromatic carbocycles. The largest absolute Gasteiger partial charge is 0.434 e. The SMILES string of the molecule is C[C@@H]1O[C@@H](C)CN(C(=O)c2cc(F)ccc2-c2ncccn2)[C@@H]1CNc1cnc(C(F)(F)F)cn1. The zero-order valence-corrected chi connectivity index (χ0v) is 18.8. The van der Waals surface area contributed by atoms with Crippen LogP contribution in [0.4, 0.5) is 23.4 Å². The minimum atomic E-state index is -4.60. The Morgan fingerprint density at radius 3 is 2.54 bits per heavy atom. The van der Waals surface area contributed by atoms with Gasteiger partial charge in [0.2, 0.25) is 0 Å². The summed E-state index contributed by atoms with van der Waals surface area (Å²) in [6, 6.07) is 4.93. The Balaban J connectivity index is 1.60. The minimum absolute atomic E-state index is 0.0943. The van der Waals surface area contributed by atoms with Gasteiger partial charge in [0, 0.05) is 31.0 Å². The lowest BCUT2D eigenvalue weighted by Gasteiger charge is -2.43. The molecule has 0 unspecified atom stereocenters. The molecule has 0 radical (unpaired) electrons. The van der Waals surface area contributed by atoms with Crippen LogP contribution in [0.25, 0.3) is 11.4 Å². The van der Waals surface area contributed by atoms with Crippen LogP contribution in [0.5, 0.6) is 0 Å². The molecule has 2 aromatic heterocycles. The number of hydrogen-bond acceptors (Lipinski definition) is 7. The summed E-state index contributed by atoms with van der Waals surface area (Å²) in [7, 11) is 0. The smallest absolute Gasteiger partial charge is 0.372 e. The molecule has 3 atom stereocenters. The number of halogens is 4. The normalized spacial score (nSPS) is 20.5. The second-order valence-electron chi connectivity index (χ2n) is 8.10. The van der Waals surface area contributed by atoms with Gasteiger partial charge >= 0.3 is 6.18 Å². The van der Waals surface area contributed by atoms with Crippen LogP contribution in [-0.4, -0.2) is 62.1 Å². The number of hydrogen-bond donors (Lipinski definition) is 1. The zero-order valence-electron chi connectivity index (χ0n) is 18.8. The van der Waals surface area contributed by atoms with Crippen molar-refractivity contribution < 1.29 is 27.1 Å². The van der Waals surface area contributed by atoms with E-state index in [-0.39, 0.29) is 36.4 Å². The fourth-order valence-electron chi connectivity index (χ4n) is 3.93. The maximum Gasteiger partial charge on any atom is 0.434 e. The van der Waals surface area contributed by atoms with E-state index in [0.29, 0.717) is 11.8 Å². The number of amides is 1. The number of benzene rings is 1. The zero-order chi connectivity index (χ0) is 25.2. The molecule has 4 rings (SSSR count). The molecular formula is C23H22F4N6O2. The number of ether oxygens (including phenoxy) is 1. The number of nitrogens with zero attached hydrogens (tertiary/aromatic N) is 5. The van der Waals surface area contributed by atoms with Crippen LogP contribution in [0.3, 0.4) is 0 Å². The van der Waals surface area contributed by atoms with Crippen molar-refractivity contribution in [1.82, 2.24) is 24.8 Å². The monoisotopic (exact) mass is 490 g/mol. The van der Waals surface area contributed by atoms with Gasteiger partial charge in [0.25, 0.3) is 5.91 Å². The Morgan fingerprint density at radius 2 is 1.89 bits per heavy atom. The van der Waals surface area contributed by atoms with Crippen LogP contribution in [0.2, 0.25) is 0 Å². The van der Waals surface area contributed by atoms with Crippen molar-refractivity contribution in [3.63, 3.8) is 0 Å². The van der Waals surface area contributed by atoms with Crippen molar-refractivity contribution in [2.24, 2.45) is 0 Å². The Labute approximate surface area is 198 Å². The summed E-state index contributed by atoms with van der Waals surface area (Å²) in [5, 5.41) is 2.92. The highest BCUT2D eigenvalue weighted by Gasteiger charge is 2.37. The Morgan fingerprint density at radius 1 is 1.14 bits per heavy atom. The third-order valence-electron chi connectivity index (χ3n) is 5.56. The molecular weight excluding hydrogens is 468 g/mol. The second kappa shape index (κ2) is 9.90. The summed E-state index contributed by atoms with van der Waals surface area (Å²) >= 11 is 0. The fourth-order valence-corrected chi connectivity index (χ4v) is 3.93. The summed E-state index contributed by atoms with van der Waals surface area (Å²) in [6.07, 6.45) is -0.658. The molecule has 0 saturated carbocycles. The number of alkyl halides is 3. The first-order valence-electron chi connectivity index (χ1n) is 10.8. The molecule has 0 aliphatic carbocycles. The topological polar surface area (TPSA) is 93.1 Å². The summed E-state index contributed by atoms with van der Waals surface area (Å²) < 4.78 is 58.3. The van der Waals surface area contributed by atoms with E-state index < -0.39 is 35.7 Å². The van der Waals surface area contributed by atoms with E-state index in [2.05, 4.69) is 25.3 Å². The molecule has 184 valence electrons. The number of anilines is 1. The van der Waals surface area contributed by atoms with Crippen LogP contribution in [0, 0.1) is 5.82 Å². The van der Waals surface area contributed by atoms with Crippen molar-refractivity contribution in [3.05, 3.63) is 66.1 Å². The van der Waals surface area contributed by atoms with Crippen LogP contribution in [-0.2, 0) is 10.9 Å². The van der Waals surface area contributed by atoms with Gasteiger partial charge in [-0.3, -0.25) is 4.79 Å². The van der Waals surface area contributed by atoms with E-state index in [9.17, 15) is 22.4 Å². The average Bonchev–Trinajstić information content (AvgIpc) is 2.83. The second-order valence-corrected chi connectivity index (χ2v) is 8.10. The van der Waals surface area contributed by atoms with E-state index in [0.717, 1.165) is 12.3 Å². The number of carbonyl (C=O) groups excluding carboxylic acids is 1. The molecule has 8 nitrogen and oxygen atoms in total. The van der Waals surface area contributed by atoms with Gasteiger partial charge in [0.05, 0.1) is 36.2 Å². The van der Waals surface area contributed by atoms with Gasteiger partial charge in [-0.25, -0.2) is 24.3 Å². The van der Waals surface area contributed by atoms with E-state index in [1.165, 1.54) is 24.5 Å². The quantitative estimate of drug-likeness (QED) is 0.544. The lowest BCUT2D eigenvalue weighted by atomic mass is 10.0. The third-order valence-corrected chi connectivity index (χ3v) is 5.56. The Hall–Kier alpha value is -3.67. The highest BCUT2D eigenvalue weighted by atomic mass is 19.4. The molecule has 3 heterocycles. The first-order chi connectivity index (χ1) is 16.6. The maximum atomic E-state index is 14.2. The van der Waals surface area contributed by atoms with Crippen LogP contribution >= 0.6 is 0 Å². The van der Waals surface area contributed by atoms with Crippen molar-refractivity contribution in [2.45, 2.75) is 38.3 Å². The van der Waals surface area contributed by atoms with Crippen LogP contribution in [0.1, 0.15) is 29.9 Å². The predicted molar refractivity (Wildman–Crippen MR) is 118 cm³/mol. The molecule has 1 fully saturated rings. The molecule has 3 aromatic rings. The van der Waals surface area contributed by atoms with Crippen LogP contribution < -0.4 is 5.32 Å². The molecule has 35 heavy (non-hydrogen) atoms. The van der Waals surface area contributed by atoms with E-state index in [1.807, 2.05) is 6.92 Å². The maximum absolute atomic E-state index is 14.2. The lowest BCUT2D eigenvalue weighted by molar-refractivity contribution is -0.141. The number of morpholine rings is 1. The molecule has 0 spiro atoms. The van der Waals surface area contributed by atoms with Crippen molar-refractivity contribution >= 4 is 11.7 Å². The molecule has 1 aliphatic heterocycles. The first-order valence-corrected chi connectivity index (χ1v) is 10.8. The highest BCUT2D eigenvalue weighted by Crippen LogP contribution is 2.28. The lowest BCUT2D eigenvalue weighted by Crippen LogP contribution is -2.58. The van der Waals surface area contributed by atoms with E-state index in [1.54, 1.807) is 17.9 Å². The number of aromatic nitrogens is 4. The Bertz CT molecular complexity index is 1180. The number of carbonyl (C=O) groups is 1. The van der Waals surface area contributed by atoms with Crippen molar-refractivity contribution in [1.29, 1.82) is 0 Å². The van der Waals surface area contributed by atoms with E-state index >= 15 is 0 Å². The van der Waals surface area contributed by atoms with E-state index in [4.69, 9.17) is 4.74 Å². The Kier molecular flexibility index (Phi) is 6.92. The predicted octanol–water partition coefficient (Wildman–Crippen LogP) is 3.82. The summed E-state index contributed by atoms with van der Waals surface area (Å²) in [4.78, 5) is 30.7. The summed E-state index contributed by atoms with van der Waals surface area (Å²) in [5.74, 6) is -0.642. The van der Waals surface area contributed by atoms with Gasteiger partial charge in [-0.05, 0) is 38.1 Å².